The summed E-state index contributed by atoms with van der Waals surface area (Å²) in [6.07, 6.45) is 3.97. The predicted molar refractivity (Wildman–Crippen MR) is 60.8 cm³/mol. The molecule has 16 heavy (non-hydrogen) atoms. The molecule has 1 atom stereocenters. The third-order valence-corrected chi connectivity index (χ3v) is 3.41. The molecule has 86 valence electrons. The van der Waals surface area contributed by atoms with Crippen LogP contribution in [0, 0.1) is 0 Å². The number of benzene rings is 1. The van der Waals surface area contributed by atoms with Crippen LogP contribution in [-0.4, -0.2) is 19.8 Å². The van der Waals surface area contributed by atoms with E-state index >= 15 is 0 Å². The Bertz CT molecular complexity index is 372. The molecular weight excluding hydrogens is 202 g/mol. The fourth-order valence-electron chi connectivity index (χ4n) is 2.54. The highest BCUT2D eigenvalue weighted by Gasteiger charge is 2.21. The molecule has 0 aromatic heterocycles. The van der Waals surface area contributed by atoms with E-state index in [0.717, 1.165) is 11.5 Å². The highest BCUT2D eigenvalue weighted by molar-refractivity contribution is 5.44. The molecule has 1 fully saturated rings. The van der Waals surface area contributed by atoms with Crippen LogP contribution >= 0.6 is 0 Å². The average molecular weight is 220 g/mol. The third-order valence-electron chi connectivity index (χ3n) is 3.41. The van der Waals surface area contributed by atoms with Crippen molar-refractivity contribution >= 4 is 0 Å². The van der Waals surface area contributed by atoms with Gasteiger partial charge in [0.2, 0.25) is 0 Å². The first kappa shape index (κ1) is 9.97. The molecule has 1 aromatic carbocycles. The number of fused-ring (bicyclic) bond motifs is 1. The number of piperidine rings is 1. The highest BCUT2D eigenvalue weighted by atomic mass is 16.6. The highest BCUT2D eigenvalue weighted by Crippen LogP contribution is 2.33. The lowest BCUT2D eigenvalue weighted by Gasteiger charge is -2.23. The number of hydrogen-bond acceptors (Lipinski definition) is 2. The largest absolute Gasteiger partial charge is 0.486 e. The van der Waals surface area contributed by atoms with Gasteiger partial charge in [-0.1, -0.05) is 0 Å². The Labute approximate surface area is 95.8 Å². The van der Waals surface area contributed by atoms with Gasteiger partial charge in [0.1, 0.15) is 19.3 Å². The van der Waals surface area contributed by atoms with Crippen molar-refractivity contribution in [3.8, 4) is 11.5 Å². The maximum Gasteiger partial charge on any atom is 0.161 e. The number of quaternary nitrogens is 1. The van der Waals surface area contributed by atoms with Gasteiger partial charge in [-0.15, -0.1) is 0 Å². The number of nitrogens with two attached hydrogens (primary N) is 1. The Balaban J connectivity index is 1.84. The van der Waals surface area contributed by atoms with Gasteiger partial charge in [-0.05, 0) is 31.0 Å². The van der Waals surface area contributed by atoms with Crippen molar-refractivity contribution in [2.24, 2.45) is 0 Å². The maximum atomic E-state index is 5.62. The lowest BCUT2D eigenvalue weighted by Crippen LogP contribution is -2.86. The second-order valence-corrected chi connectivity index (χ2v) is 4.53. The predicted octanol–water partition coefficient (Wildman–Crippen LogP) is 1.25. The average Bonchev–Trinajstić information content (AvgIpc) is 2.39. The summed E-state index contributed by atoms with van der Waals surface area (Å²) < 4.78 is 11.1. The van der Waals surface area contributed by atoms with Crippen LogP contribution in [0.4, 0.5) is 0 Å². The molecule has 0 radical (unpaired) electrons. The van der Waals surface area contributed by atoms with Crippen LogP contribution in [0.3, 0.4) is 0 Å². The third kappa shape index (κ3) is 1.87. The zero-order valence-corrected chi connectivity index (χ0v) is 9.45. The molecule has 3 rings (SSSR count). The molecule has 0 amide bonds. The Morgan fingerprint density at radius 3 is 2.75 bits per heavy atom. The summed E-state index contributed by atoms with van der Waals surface area (Å²) in [5, 5.41) is 2.44. The van der Waals surface area contributed by atoms with Crippen molar-refractivity contribution in [3.05, 3.63) is 23.8 Å². The monoisotopic (exact) mass is 220 g/mol. The minimum Gasteiger partial charge on any atom is -0.486 e. The molecule has 3 heteroatoms. The van der Waals surface area contributed by atoms with Crippen molar-refractivity contribution in [3.63, 3.8) is 0 Å². The minimum absolute atomic E-state index is 0.615. The summed E-state index contributed by atoms with van der Waals surface area (Å²) in [7, 11) is 0. The van der Waals surface area contributed by atoms with Crippen molar-refractivity contribution in [1.29, 1.82) is 0 Å². The van der Waals surface area contributed by atoms with Crippen LogP contribution in [0.1, 0.15) is 30.9 Å². The standard InChI is InChI=1S/C13H17NO2/c1-2-6-14-11(3-1)10-4-5-12-13(9-10)16-8-7-15-12/h4-5,9,11,14H,1-3,6-8H2/p+1/t11-/m1/s1. The molecule has 0 aliphatic carbocycles. The van der Waals surface area contributed by atoms with E-state index in [-0.39, 0.29) is 0 Å². The van der Waals surface area contributed by atoms with Crippen molar-refractivity contribution in [2.45, 2.75) is 25.3 Å². The molecule has 0 spiro atoms. The smallest absolute Gasteiger partial charge is 0.161 e. The molecule has 1 saturated heterocycles. The summed E-state index contributed by atoms with van der Waals surface area (Å²) >= 11 is 0. The normalized spacial score (nSPS) is 24.1. The molecule has 3 nitrogen and oxygen atoms in total. The lowest BCUT2D eigenvalue weighted by molar-refractivity contribution is -0.704. The summed E-state index contributed by atoms with van der Waals surface area (Å²) in [6.45, 7) is 2.59. The first-order valence-electron chi connectivity index (χ1n) is 6.16. The van der Waals surface area contributed by atoms with E-state index in [4.69, 9.17) is 9.47 Å². The topological polar surface area (TPSA) is 35.1 Å². The van der Waals surface area contributed by atoms with E-state index in [1.165, 1.54) is 31.4 Å². The van der Waals surface area contributed by atoms with Gasteiger partial charge in [-0.25, -0.2) is 0 Å². The van der Waals surface area contributed by atoms with Gasteiger partial charge in [0, 0.05) is 12.0 Å². The molecular formula is C13H18NO2+. The molecule has 0 saturated carbocycles. The lowest BCUT2D eigenvalue weighted by atomic mass is 9.97. The Kier molecular flexibility index (Phi) is 2.70. The first-order valence-corrected chi connectivity index (χ1v) is 6.16. The summed E-state index contributed by atoms with van der Waals surface area (Å²) in [4.78, 5) is 0. The maximum absolute atomic E-state index is 5.62. The van der Waals surface area contributed by atoms with Gasteiger partial charge >= 0.3 is 0 Å². The Morgan fingerprint density at radius 2 is 1.94 bits per heavy atom. The Morgan fingerprint density at radius 1 is 1.06 bits per heavy atom. The van der Waals surface area contributed by atoms with Gasteiger partial charge in [0.15, 0.2) is 11.5 Å². The van der Waals surface area contributed by atoms with E-state index < -0.39 is 0 Å². The van der Waals surface area contributed by atoms with E-state index in [1.807, 2.05) is 6.07 Å². The molecule has 2 aliphatic heterocycles. The molecule has 2 aliphatic rings. The summed E-state index contributed by atoms with van der Waals surface area (Å²) in [5.41, 5.74) is 1.38. The van der Waals surface area contributed by atoms with E-state index in [2.05, 4.69) is 17.4 Å². The van der Waals surface area contributed by atoms with E-state index in [0.29, 0.717) is 19.3 Å². The van der Waals surface area contributed by atoms with Crippen LogP contribution in [0.2, 0.25) is 0 Å². The zero-order valence-electron chi connectivity index (χ0n) is 9.45. The number of ether oxygens (including phenoxy) is 2. The molecule has 1 aromatic rings. The van der Waals surface area contributed by atoms with E-state index in [9.17, 15) is 0 Å². The molecule has 0 bridgehead atoms. The van der Waals surface area contributed by atoms with Gasteiger partial charge in [-0.2, -0.15) is 0 Å². The van der Waals surface area contributed by atoms with Crippen LogP contribution < -0.4 is 14.8 Å². The Hall–Kier alpha value is -1.22. The van der Waals surface area contributed by atoms with Crippen molar-refractivity contribution < 1.29 is 14.8 Å². The zero-order chi connectivity index (χ0) is 10.8. The van der Waals surface area contributed by atoms with Crippen molar-refractivity contribution in [1.82, 2.24) is 0 Å². The molecule has 2 N–H and O–H groups in total. The quantitative estimate of drug-likeness (QED) is 0.773. The minimum atomic E-state index is 0.615. The van der Waals surface area contributed by atoms with Gasteiger partial charge in [0.25, 0.3) is 0 Å². The summed E-state index contributed by atoms with van der Waals surface area (Å²) in [5.74, 6) is 1.81. The second kappa shape index (κ2) is 4.34. The molecule has 0 unspecified atom stereocenters. The first-order chi connectivity index (χ1) is 7.93. The fourth-order valence-corrected chi connectivity index (χ4v) is 2.54. The fraction of sp³-hybridized carbons (Fsp3) is 0.538. The van der Waals surface area contributed by atoms with Crippen LogP contribution in [-0.2, 0) is 0 Å². The van der Waals surface area contributed by atoms with Crippen molar-refractivity contribution in [2.75, 3.05) is 19.8 Å². The van der Waals surface area contributed by atoms with E-state index in [1.54, 1.807) is 0 Å². The number of rotatable bonds is 1. The van der Waals surface area contributed by atoms with Crippen LogP contribution in [0.5, 0.6) is 11.5 Å². The van der Waals surface area contributed by atoms with Gasteiger partial charge in [-0.3, -0.25) is 0 Å². The van der Waals surface area contributed by atoms with Crippen LogP contribution in [0.25, 0.3) is 0 Å². The van der Waals surface area contributed by atoms with Gasteiger partial charge < -0.3 is 14.8 Å². The van der Waals surface area contributed by atoms with Crippen LogP contribution in [0.15, 0.2) is 18.2 Å². The second-order valence-electron chi connectivity index (χ2n) is 4.53. The summed E-state index contributed by atoms with van der Waals surface area (Å²) in [6, 6.07) is 7.00. The molecule has 2 heterocycles. The van der Waals surface area contributed by atoms with Gasteiger partial charge in [0.05, 0.1) is 6.54 Å². The number of hydrogen-bond donors (Lipinski definition) is 1. The SMILES string of the molecule is c1cc2c(cc1[C@H]1CCCC[NH2+]1)OCCO2.